The van der Waals surface area contributed by atoms with Crippen LogP contribution in [0.4, 0.5) is 5.69 Å². The van der Waals surface area contributed by atoms with E-state index in [-0.39, 0.29) is 0 Å². The molecule has 24 heavy (non-hydrogen) atoms. The Hall–Kier alpha value is -2.26. The summed E-state index contributed by atoms with van der Waals surface area (Å²) in [5, 5.41) is 1.41. The van der Waals surface area contributed by atoms with Crippen molar-refractivity contribution in [3.63, 3.8) is 0 Å². The van der Waals surface area contributed by atoms with Crippen LogP contribution in [0.1, 0.15) is 16.8 Å². The molecule has 0 atom stereocenters. The molecule has 0 fully saturated rings. The Morgan fingerprint density at radius 1 is 1.00 bits per heavy atom. The van der Waals surface area contributed by atoms with Crippen LogP contribution in [0, 0.1) is 6.92 Å². The van der Waals surface area contributed by atoms with Crippen LogP contribution in [-0.2, 0) is 13.0 Å². The number of hydrogen-bond donors (Lipinski definition) is 0. The number of benzene rings is 2. The molecule has 0 unspecified atom stereocenters. The molecule has 1 aromatic heterocycles. The minimum Gasteiger partial charge on any atom is -0.378 e. The molecule has 3 heteroatoms. The molecule has 124 valence electrons. The highest BCUT2D eigenvalue weighted by atomic mass is 15.1. The lowest BCUT2D eigenvalue weighted by molar-refractivity contribution is 0.311. The molecule has 2 heterocycles. The van der Waals surface area contributed by atoms with E-state index < -0.39 is 0 Å². The molecule has 2 aromatic carbocycles. The highest BCUT2D eigenvalue weighted by molar-refractivity contribution is 5.88. The zero-order chi connectivity index (χ0) is 16.8. The molecular weight excluding hydrogens is 294 g/mol. The van der Waals surface area contributed by atoms with Gasteiger partial charge in [0.1, 0.15) is 0 Å². The zero-order valence-corrected chi connectivity index (χ0v) is 15.0. The molecule has 0 aliphatic carbocycles. The van der Waals surface area contributed by atoms with E-state index in [1.165, 1.54) is 39.1 Å². The molecule has 0 saturated heterocycles. The maximum absolute atomic E-state index is 2.47. The lowest BCUT2D eigenvalue weighted by Gasteiger charge is -2.24. The van der Waals surface area contributed by atoms with Gasteiger partial charge in [-0.25, -0.2) is 0 Å². The molecule has 0 N–H and O–H groups in total. The number of anilines is 1. The van der Waals surface area contributed by atoms with Gasteiger partial charge in [0.2, 0.25) is 0 Å². The Bertz CT molecular complexity index is 888. The minimum absolute atomic E-state index is 1.04. The summed E-state index contributed by atoms with van der Waals surface area (Å²) >= 11 is 0. The van der Waals surface area contributed by atoms with Crippen LogP contribution < -0.4 is 4.90 Å². The van der Waals surface area contributed by atoms with Gasteiger partial charge in [0, 0.05) is 56.1 Å². The van der Waals surface area contributed by atoms with Crippen LogP contribution in [0.25, 0.3) is 16.6 Å². The maximum atomic E-state index is 2.47. The Kier molecular flexibility index (Phi) is 3.61. The fourth-order valence-corrected chi connectivity index (χ4v) is 3.80. The molecular formula is C21H25N3. The number of aryl methyl sites for hydroxylation is 1. The quantitative estimate of drug-likeness (QED) is 0.707. The molecule has 0 bridgehead atoms. The summed E-state index contributed by atoms with van der Waals surface area (Å²) in [5.41, 5.74) is 8.14. The second-order valence-corrected chi connectivity index (χ2v) is 7.18. The van der Waals surface area contributed by atoms with Crippen LogP contribution in [0.5, 0.6) is 0 Å². The van der Waals surface area contributed by atoms with Crippen LogP contribution in [0.3, 0.4) is 0 Å². The highest BCUT2D eigenvalue weighted by Gasteiger charge is 2.23. The smallest absolute Gasteiger partial charge is 0.0535 e. The summed E-state index contributed by atoms with van der Waals surface area (Å²) in [4.78, 5) is 4.56. The molecule has 0 saturated carbocycles. The molecule has 1 aliphatic heterocycles. The molecule has 0 spiro atoms. The zero-order valence-electron chi connectivity index (χ0n) is 15.0. The van der Waals surface area contributed by atoms with Crippen molar-refractivity contribution in [1.82, 2.24) is 9.47 Å². The van der Waals surface area contributed by atoms with Gasteiger partial charge < -0.3 is 14.4 Å². The van der Waals surface area contributed by atoms with Crippen molar-refractivity contribution >= 4 is 16.6 Å². The average molecular weight is 319 g/mol. The van der Waals surface area contributed by atoms with Crippen LogP contribution >= 0.6 is 0 Å². The normalized spacial score (nSPS) is 14.8. The van der Waals surface area contributed by atoms with Crippen molar-refractivity contribution in [3.8, 4) is 5.69 Å². The number of likely N-dealkylation sites (N-methyl/N-ethyl adjacent to an activating group) is 1. The third-order valence-corrected chi connectivity index (χ3v) is 5.12. The van der Waals surface area contributed by atoms with Crippen molar-refractivity contribution in [2.45, 2.75) is 19.9 Å². The predicted octanol–water partition coefficient (Wildman–Crippen LogP) is 3.99. The standard InChI is InChI=1S/C21H25N3/c1-15-5-10-20-18(13-15)19-14-23(4)12-11-21(19)24(20)17-8-6-16(7-9-17)22(2)3/h5-10,13H,11-12,14H2,1-4H3. The van der Waals surface area contributed by atoms with E-state index in [2.05, 4.69) is 84.9 Å². The summed E-state index contributed by atoms with van der Waals surface area (Å²) in [6.45, 7) is 4.34. The van der Waals surface area contributed by atoms with Crippen molar-refractivity contribution in [2.24, 2.45) is 0 Å². The summed E-state index contributed by atoms with van der Waals surface area (Å²) in [5.74, 6) is 0. The monoisotopic (exact) mass is 319 g/mol. The second-order valence-electron chi connectivity index (χ2n) is 7.18. The summed E-state index contributed by atoms with van der Waals surface area (Å²) in [6.07, 6.45) is 1.11. The van der Waals surface area contributed by atoms with E-state index in [1.807, 2.05) is 0 Å². The molecule has 3 aromatic rings. The second kappa shape index (κ2) is 5.67. The van der Waals surface area contributed by atoms with Crippen molar-refractivity contribution in [2.75, 3.05) is 32.6 Å². The minimum atomic E-state index is 1.04. The molecule has 1 aliphatic rings. The molecule has 0 amide bonds. The first-order chi connectivity index (χ1) is 11.5. The first-order valence-electron chi connectivity index (χ1n) is 8.64. The van der Waals surface area contributed by atoms with Crippen molar-refractivity contribution in [1.29, 1.82) is 0 Å². The number of hydrogen-bond acceptors (Lipinski definition) is 2. The fourth-order valence-electron chi connectivity index (χ4n) is 3.80. The van der Waals surface area contributed by atoms with Crippen LogP contribution in [0.2, 0.25) is 0 Å². The van der Waals surface area contributed by atoms with E-state index in [0.29, 0.717) is 0 Å². The first-order valence-corrected chi connectivity index (χ1v) is 8.64. The summed E-state index contributed by atoms with van der Waals surface area (Å²) < 4.78 is 2.47. The van der Waals surface area contributed by atoms with E-state index in [1.54, 1.807) is 0 Å². The SMILES string of the molecule is Cc1ccc2c(c1)c1c(n2-c2ccc(N(C)C)cc2)CCN(C)C1. The van der Waals surface area contributed by atoms with E-state index in [0.717, 1.165) is 19.5 Å². The van der Waals surface area contributed by atoms with Gasteiger partial charge in [-0.15, -0.1) is 0 Å². The van der Waals surface area contributed by atoms with Gasteiger partial charge in [0.25, 0.3) is 0 Å². The lowest BCUT2D eigenvalue weighted by atomic mass is 10.0. The average Bonchev–Trinajstić information content (AvgIpc) is 2.88. The van der Waals surface area contributed by atoms with Crippen LogP contribution in [0.15, 0.2) is 42.5 Å². The van der Waals surface area contributed by atoms with Gasteiger partial charge in [0.15, 0.2) is 0 Å². The van der Waals surface area contributed by atoms with Gasteiger partial charge in [-0.1, -0.05) is 11.6 Å². The third-order valence-electron chi connectivity index (χ3n) is 5.12. The Morgan fingerprint density at radius 2 is 1.75 bits per heavy atom. The molecule has 4 rings (SSSR count). The van der Waals surface area contributed by atoms with Crippen LogP contribution in [-0.4, -0.2) is 37.2 Å². The predicted molar refractivity (Wildman–Crippen MR) is 102 cm³/mol. The topological polar surface area (TPSA) is 11.4 Å². The number of aromatic nitrogens is 1. The highest BCUT2D eigenvalue weighted by Crippen LogP contribution is 2.34. The van der Waals surface area contributed by atoms with Crippen molar-refractivity contribution < 1.29 is 0 Å². The lowest BCUT2D eigenvalue weighted by Crippen LogP contribution is -2.27. The number of rotatable bonds is 2. The first kappa shape index (κ1) is 15.3. The molecule has 0 radical (unpaired) electrons. The number of fused-ring (bicyclic) bond motifs is 3. The van der Waals surface area contributed by atoms with Crippen molar-refractivity contribution in [3.05, 3.63) is 59.3 Å². The Balaban J connectivity index is 1.94. The summed E-state index contributed by atoms with van der Waals surface area (Å²) in [7, 11) is 6.38. The van der Waals surface area contributed by atoms with E-state index >= 15 is 0 Å². The summed E-state index contributed by atoms with van der Waals surface area (Å²) in [6, 6.07) is 15.7. The number of nitrogens with zero attached hydrogens (tertiary/aromatic N) is 3. The van der Waals surface area contributed by atoms with Gasteiger partial charge in [-0.3, -0.25) is 0 Å². The van der Waals surface area contributed by atoms with Gasteiger partial charge >= 0.3 is 0 Å². The molecule has 3 nitrogen and oxygen atoms in total. The largest absolute Gasteiger partial charge is 0.378 e. The van der Waals surface area contributed by atoms with E-state index in [4.69, 9.17) is 0 Å². The Labute approximate surface area is 144 Å². The van der Waals surface area contributed by atoms with Gasteiger partial charge in [0.05, 0.1) is 5.52 Å². The third kappa shape index (κ3) is 2.40. The van der Waals surface area contributed by atoms with E-state index in [9.17, 15) is 0 Å². The fraction of sp³-hybridized carbons (Fsp3) is 0.333. The van der Waals surface area contributed by atoms with Gasteiger partial charge in [-0.05, 0) is 55.9 Å². The maximum Gasteiger partial charge on any atom is 0.0535 e. The Morgan fingerprint density at radius 3 is 2.46 bits per heavy atom. The van der Waals surface area contributed by atoms with Gasteiger partial charge in [-0.2, -0.15) is 0 Å².